The maximum Gasteiger partial charge on any atom is 0.333 e. The van der Waals surface area contributed by atoms with E-state index >= 15 is 0 Å². The first-order chi connectivity index (χ1) is 6.60. The highest BCUT2D eigenvalue weighted by Gasteiger charge is 2.63. The molecule has 0 amide bonds. The maximum absolute atomic E-state index is 11.5. The lowest BCUT2D eigenvalue weighted by molar-refractivity contribution is -0.157. The molecular weight excluding hydrogens is 176 g/mol. The van der Waals surface area contributed by atoms with Crippen LogP contribution in [-0.4, -0.2) is 11.6 Å². The molecule has 0 saturated heterocycles. The van der Waals surface area contributed by atoms with Crippen LogP contribution < -0.4 is 0 Å². The summed E-state index contributed by atoms with van der Waals surface area (Å²) < 4.78 is 5.61. The lowest BCUT2D eigenvalue weighted by Crippen LogP contribution is -2.40. The Morgan fingerprint density at radius 1 is 1.36 bits per heavy atom. The Hall–Kier alpha value is -0.790. The molecule has 14 heavy (non-hydrogen) atoms. The zero-order chi connectivity index (χ0) is 9.92. The molecule has 0 aliphatic heterocycles. The van der Waals surface area contributed by atoms with Crippen molar-refractivity contribution in [3.63, 3.8) is 0 Å². The topological polar surface area (TPSA) is 26.3 Å². The van der Waals surface area contributed by atoms with Crippen molar-refractivity contribution in [3.8, 4) is 0 Å². The quantitative estimate of drug-likeness (QED) is 0.495. The number of hydrogen-bond acceptors (Lipinski definition) is 2. The molecule has 0 radical (unpaired) electrons. The molecule has 2 atom stereocenters. The van der Waals surface area contributed by atoms with Gasteiger partial charge >= 0.3 is 5.97 Å². The van der Waals surface area contributed by atoms with E-state index in [1.54, 1.807) is 6.92 Å². The van der Waals surface area contributed by atoms with Gasteiger partial charge in [-0.05, 0) is 50.4 Å². The van der Waals surface area contributed by atoms with Crippen molar-refractivity contribution in [3.05, 3.63) is 12.2 Å². The highest BCUT2D eigenvalue weighted by molar-refractivity contribution is 5.87. The van der Waals surface area contributed by atoms with E-state index in [1.165, 1.54) is 6.42 Å². The smallest absolute Gasteiger partial charge is 0.333 e. The Balaban J connectivity index is 1.74. The molecule has 0 spiro atoms. The summed E-state index contributed by atoms with van der Waals surface area (Å²) in [7, 11) is 0. The van der Waals surface area contributed by atoms with Crippen LogP contribution in [0, 0.1) is 17.8 Å². The average molecular weight is 192 g/mol. The van der Waals surface area contributed by atoms with Gasteiger partial charge < -0.3 is 4.74 Å². The normalized spacial score (nSPS) is 47.4. The Morgan fingerprint density at radius 3 is 2.43 bits per heavy atom. The molecule has 0 aromatic heterocycles. The standard InChI is InChI=1S/C12H16O2/c1-7(2)11(13)14-12-4-8-3-9(5-12)10(8)6-12/h8-10H,1,3-6H2,2H3. The molecule has 2 nitrogen and oxygen atoms in total. The maximum atomic E-state index is 11.5. The average Bonchev–Trinajstić information content (AvgIpc) is 2.54. The molecule has 2 heteroatoms. The van der Waals surface area contributed by atoms with Crippen LogP contribution in [0.1, 0.15) is 32.6 Å². The van der Waals surface area contributed by atoms with Crippen LogP contribution in [0.3, 0.4) is 0 Å². The number of fused-ring (bicyclic) bond motifs is 1. The number of carbonyl (C=O) groups is 1. The predicted molar refractivity (Wildman–Crippen MR) is 52.6 cm³/mol. The van der Waals surface area contributed by atoms with E-state index in [4.69, 9.17) is 4.74 Å². The summed E-state index contributed by atoms with van der Waals surface area (Å²) in [6, 6.07) is 0. The first kappa shape index (κ1) is 8.51. The molecule has 3 rings (SSSR count). The van der Waals surface area contributed by atoms with E-state index in [-0.39, 0.29) is 11.6 Å². The fourth-order valence-corrected chi connectivity index (χ4v) is 3.77. The second kappa shape index (κ2) is 2.41. The minimum atomic E-state index is -0.188. The van der Waals surface area contributed by atoms with Gasteiger partial charge in [0, 0.05) is 5.57 Å². The molecule has 0 N–H and O–H groups in total. The van der Waals surface area contributed by atoms with Crippen molar-refractivity contribution in [2.75, 3.05) is 0 Å². The molecule has 2 bridgehead atoms. The van der Waals surface area contributed by atoms with Gasteiger partial charge in [-0.3, -0.25) is 0 Å². The summed E-state index contributed by atoms with van der Waals surface area (Å²) in [6.07, 6.45) is 4.75. The zero-order valence-corrected chi connectivity index (χ0v) is 8.58. The minimum Gasteiger partial charge on any atom is -0.456 e. The third kappa shape index (κ3) is 0.943. The summed E-state index contributed by atoms with van der Waals surface area (Å²) in [5, 5.41) is 0. The molecular formula is C12H16O2. The number of ether oxygens (including phenoxy) is 1. The van der Waals surface area contributed by atoms with Crippen LogP contribution >= 0.6 is 0 Å². The highest BCUT2D eigenvalue weighted by Crippen LogP contribution is 2.66. The van der Waals surface area contributed by atoms with E-state index in [0.29, 0.717) is 5.57 Å². The second-order valence-electron chi connectivity index (χ2n) is 5.38. The van der Waals surface area contributed by atoms with Crippen LogP contribution in [0.2, 0.25) is 0 Å². The van der Waals surface area contributed by atoms with Gasteiger partial charge in [0.2, 0.25) is 0 Å². The fourth-order valence-electron chi connectivity index (χ4n) is 3.77. The summed E-state index contributed by atoms with van der Waals surface area (Å²) in [5.74, 6) is 2.43. The van der Waals surface area contributed by atoms with Crippen LogP contribution in [0.4, 0.5) is 0 Å². The van der Waals surface area contributed by atoms with Crippen LogP contribution in [0.25, 0.3) is 0 Å². The Kier molecular flexibility index (Phi) is 1.47. The van der Waals surface area contributed by atoms with E-state index in [0.717, 1.165) is 37.0 Å². The fraction of sp³-hybridized carbons (Fsp3) is 0.750. The number of hydrogen-bond donors (Lipinski definition) is 0. The van der Waals surface area contributed by atoms with Crippen LogP contribution in [-0.2, 0) is 9.53 Å². The van der Waals surface area contributed by atoms with Gasteiger partial charge in [0.15, 0.2) is 0 Å². The second-order valence-corrected chi connectivity index (χ2v) is 5.38. The molecule has 2 unspecified atom stereocenters. The van der Waals surface area contributed by atoms with Crippen molar-refractivity contribution < 1.29 is 9.53 Å². The van der Waals surface area contributed by atoms with Gasteiger partial charge in [-0.25, -0.2) is 4.79 Å². The lowest BCUT2D eigenvalue weighted by Gasteiger charge is -2.44. The summed E-state index contributed by atoms with van der Waals surface area (Å²) >= 11 is 0. The Morgan fingerprint density at radius 2 is 2.00 bits per heavy atom. The van der Waals surface area contributed by atoms with E-state index in [1.807, 2.05) is 0 Å². The first-order valence-electron chi connectivity index (χ1n) is 5.48. The third-order valence-electron chi connectivity index (χ3n) is 4.35. The van der Waals surface area contributed by atoms with E-state index in [9.17, 15) is 4.79 Å². The van der Waals surface area contributed by atoms with E-state index < -0.39 is 0 Å². The number of rotatable bonds is 2. The number of esters is 1. The third-order valence-corrected chi connectivity index (χ3v) is 4.35. The summed E-state index contributed by atoms with van der Waals surface area (Å²) in [5.41, 5.74) is 0.456. The van der Waals surface area contributed by atoms with Crippen molar-refractivity contribution in [1.82, 2.24) is 0 Å². The molecule has 3 aliphatic rings. The van der Waals surface area contributed by atoms with Crippen molar-refractivity contribution in [1.29, 1.82) is 0 Å². The van der Waals surface area contributed by atoms with Crippen LogP contribution in [0.5, 0.6) is 0 Å². The minimum absolute atomic E-state index is 0.0751. The lowest BCUT2D eigenvalue weighted by atomic mass is 9.63. The first-order valence-corrected chi connectivity index (χ1v) is 5.48. The molecule has 3 aliphatic carbocycles. The van der Waals surface area contributed by atoms with Crippen molar-refractivity contribution >= 4 is 5.97 Å². The molecule has 0 heterocycles. The zero-order valence-electron chi connectivity index (χ0n) is 8.58. The largest absolute Gasteiger partial charge is 0.456 e. The van der Waals surface area contributed by atoms with Gasteiger partial charge in [-0.1, -0.05) is 6.58 Å². The van der Waals surface area contributed by atoms with Gasteiger partial charge in [0.1, 0.15) is 5.60 Å². The molecule has 0 aromatic rings. The monoisotopic (exact) mass is 192 g/mol. The molecule has 0 aromatic carbocycles. The van der Waals surface area contributed by atoms with E-state index in [2.05, 4.69) is 6.58 Å². The number of carbonyl (C=O) groups excluding carboxylic acids is 1. The molecule has 3 saturated carbocycles. The van der Waals surface area contributed by atoms with Gasteiger partial charge in [-0.15, -0.1) is 0 Å². The predicted octanol–water partition coefficient (Wildman–Crippen LogP) is 2.29. The van der Waals surface area contributed by atoms with Gasteiger partial charge in [-0.2, -0.15) is 0 Å². The summed E-state index contributed by atoms with van der Waals surface area (Å²) in [6.45, 7) is 5.36. The van der Waals surface area contributed by atoms with Crippen molar-refractivity contribution in [2.24, 2.45) is 17.8 Å². The van der Waals surface area contributed by atoms with Crippen LogP contribution in [0.15, 0.2) is 12.2 Å². The summed E-state index contributed by atoms with van der Waals surface area (Å²) in [4.78, 5) is 11.5. The van der Waals surface area contributed by atoms with Gasteiger partial charge in [0.05, 0.1) is 0 Å². The Labute approximate surface area is 84.3 Å². The molecule has 76 valence electrons. The Bertz CT molecular complexity index is 301. The SMILES string of the molecule is C=C(C)C(=O)OC12CC3CC(C1)C3C2. The van der Waals surface area contributed by atoms with Gasteiger partial charge in [0.25, 0.3) is 0 Å². The van der Waals surface area contributed by atoms with Crippen molar-refractivity contribution in [2.45, 2.75) is 38.2 Å². The molecule has 3 fully saturated rings. The highest BCUT2D eigenvalue weighted by atomic mass is 16.6.